The molecule has 0 fully saturated rings. The van der Waals surface area contributed by atoms with Crippen LogP contribution in [-0.2, 0) is 6.54 Å². The summed E-state index contributed by atoms with van der Waals surface area (Å²) in [6.07, 6.45) is 1.13. The molecule has 0 aliphatic carbocycles. The molecular weight excluding hydrogens is 172 g/mol. The molecule has 1 aromatic heterocycles. The highest BCUT2D eigenvalue weighted by molar-refractivity contribution is 7.99. The lowest BCUT2D eigenvalue weighted by atomic mass is 10.4. The Morgan fingerprint density at radius 1 is 1.67 bits per heavy atom. The third-order valence-electron chi connectivity index (χ3n) is 1.80. The van der Waals surface area contributed by atoms with Crippen LogP contribution < -0.4 is 11.2 Å². The summed E-state index contributed by atoms with van der Waals surface area (Å²) in [5.74, 6) is 1.73. The number of aromatic nitrogens is 2. The summed E-state index contributed by atoms with van der Waals surface area (Å²) in [4.78, 5) is 4.09. The van der Waals surface area contributed by atoms with Crippen LogP contribution in [0.2, 0.25) is 0 Å². The van der Waals surface area contributed by atoms with Gasteiger partial charge >= 0.3 is 0 Å². The summed E-state index contributed by atoms with van der Waals surface area (Å²) in [5.41, 5.74) is 5.99. The number of nitrogens with zero attached hydrogens (tertiary/aromatic N) is 2. The highest BCUT2D eigenvalue weighted by Crippen LogP contribution is 2.23. The molecular formula is C7H10N4S. The smallest absolute Gasteiger partial charge is 0.171 e. The van der Waals surface area contributed by atoms with Crippen molar-refractivity contribution in [1.29, 1.82) is 5.41 Å². The number of fused-ring (bicyclic) bond motifs is 1. The van der Waals surface area contributed by atoms with E-state index < -0.39 is 0 Å². The lowest BCUT2D eigenvalue weighted by molar-refractivity contribution is 0.584. The van der Waals surface area contributed by atoms with E-state index in [4.69, 9.17) is 11.1 Å². The normalized spacial score (nSPS) is 15.7. The van der Waals surface area contributed by atoms with Gasteiger partial charge in [0.25, 0.3) is 0 Å². The lowest BCUT2D eigenvalue weighted by Gasteiger charge is -2.18. The SMILES string of the molecule is N=c1cc(N)n2c(n1)SCCC2. The minimum Gasteiger partial charge on any atom is -0.385 e. The van der Waals surface area contributed by atoms with E-state index in [-0.39, 0.29) is 5.49 Å². The van der Waals surface area contributed by atoms with Crippen molar-refractivity contribution in [3.8, 4) is 0 Å². The summed E-state index contributed by atoms with van der Waals surface area (Å²) < 4.78 is 1.96. The van der Waals surface area contributed by atoms with Crippen LogP contribution in [0, 0.1) is 5.41 Å². The van der Waals surface area contributed by atoms with E-state index in [9.17, 15) is 0 Å². The first-order chi connectivity index (χ1) is 5.77. The van der Waals surface area contributed by atoms with Gasteiger partial charge in [-0.2, -0.15) is 0 Å². The molecule has 1 aliphatic heterocycles. The first-order valence-corrected chi connectivity index (χ1v) is 4.81. The van der Waals surface area contributed by atoms with Gasteiger partial charge in [0.05, 0.1) is 0 Å². The van der Waals surface area contributed by atoms with Gasteiger partial charge in [-0.15, -0.1) is 0 Å². The van der Waals surface area contributed by atoms with Gasteiger partial charge < -0.3 is 10.3 Å². The average molecular weight is 182 g/mol. The summed E-state index contributed by atoms with van der Waals surface area (Å²) >= 11 is 1.67. The van der Waals surface area contributed by atoms with Crippen LogP contribution in [0.5, 0.6) is 0 Å². The zero-order valence-corrected chi connectivity index (χ0v) is 7.40. The van der Waals surface area contributed by atoms with E-state index in [1.807, 2.05) is 4.57 Å². The monoisotopic (exact) mass is 182 g/mol. The number of hydrogen-bond acceptors (Lipinski definition) is 4. The second-order valence-electron chi connectivity index (χ2n) is 2.70. The maximum atomic E-state index is 7.36. The Kier molecular flexibility index (Phi) is 1.80. The first-order valence-electron chi connectivity index (χ1n) is 3.82. The van der Waals surface area contributed by atoms with Gasteiger partial charge in [-0.3, -0.25) is 5.41 Å². The van der Waals surface area contributed by atoms with Crippen LogP contribution in [0.25, 0.3) is 0 Å². The molecule has 3 N–H and O–H groups in total. The zero-order valence-electron chi connectivity index (χ0n) is 6.58. The van der Waals surface area contributed by atoms with Crippen molar-refractivity contribution < 1.29 is 0 Å². The van der Waals surface area contributed by atoms with Gasteiger partial charge in [-0.1, -0.05) is 11.8 Å². The van der Waals surface area contributed by atoms with E-state index in [2.05, 4.69) is 4.98 Å². The van der Waals surface area contributed by atoms with Crippen LogP contribution in [0.1, 0.15) is 6.42 Å². The molecule has 4 nitrogen and oxygen atoms in total. The molecule has 1 aliphatic rings. The highest BCUT2D eigenvalue weighted by atomic mass is 32.2. The van der Waals surface area contributed by atoms with E-state index in [0.29, 0.717) is 5.82 Å². The molecule has 2 heterocycles. The van der Waals surface area contributed by atoms with Gasteiger partial charge in [0.1, 0.15) is 5.82 Å². The van der Waals surface area contributed by atoms with E-state index >= 15 is 0 Å². The van der Waals surface area contributed by atoms with Crippen LogP contribution in [0.3, 0.4) is 0 Å². The number of rotatable bonds is 0. The molecule has 2 rings (SSSR count). The molecule has 0 saturated heterocycles. The third kappa shape index (κ3) is 1.20. The Morgan fingerprint density at radius 2 is 2.50 bits per heavy atom. The fourth-order valence-electron chi connectivity index (χ4n) is 1.25. The van der Waals surface area contributed by atoms with Crippen molar-refractivity contribution in [1.82, 2.24) is 9.55 Å². The fraction of sp³-hybridized carbons (Fsp3) is 0.429. The quantitative estimate of drug-likeness (QED) is 0.572. The van der Waals surface area contributed by atoms with Crippen LogP contribution >= 0.6 is 11.8 Å². The third-order valence-corrected chi connectivity index (χ3v) is 2.86. The Labute approximate surface area is 74.3 Å². The summed E-state index contributed by atoms with van der Waals surface area (Å²) in [7, 11) is 0. The molecule has 0 atom stereocenters. The van der Waals surface area contributed by atoms with Gasteiger partial charge in [-0.25, -0.2) is 4.98 Å². The second kappa shape index (κ2) is 2.82. The van der Waals surface area contributed by atoms with Crippen molar-refractivity contribution in [3.05, 3.63) is 11.6 Å². The van der Waals surface area contributed by atoms with Crippen LogP contribution in [-0.4, -0.2) is 15.3 Å². The molecule has 0 bridgehead atoms. The van der Waals surface area contributed by atoms with Gasteiger partial charge in [0.2, 0.25) is 0 Å². The number of nitrogen functional groups attached to an aromatic ring is 1. The molecule has 0 radical (unpaired) electrons. The number of nitrogens with two attached hydrogens (primary N) is 1. The van der Waals surface area contributed by atoms with E-state index in [0.717, 1.165) is 23.9 Å². The van der Waals surface area contributed by atoms with Crippen molar-refractivity contribution in [2.75, 3.05) is 11.5 Å². The van der Waals surface area contributed by atoms with E-state index in [1.165, 1.54) is 0 Å². The Hall–Kier alpha value is -0.970. The molecule has 1 aromatic rings. The molecule has 0 unspecified atom stereocenters. The Morgan fingerprint density at radius 3 is 3.33 bits per heavy atom. The molecule has 64 valence electrons. The molecule has 0 aromatic carbocycles. The summed E-state index contributed by atoms with van der Waals surface area (Å²) in [6.45, 7) is 0.932. The van der Waals surface area contributed by atoms with E-state index in [1.54, 1.807) is 17.8 Å². The summed E-state index contributed by atoms with van der Waals surface area (Å²) in [5, 5.41) is 8.24. The van der Waals surface area contributed by atoms with Crippen molar-refractivity contribution >= 4 is 17.6 Å². The number of nitrogens with one attached hydrogen (secondary N) is 1. The zero-order chi connectivity index (χ0) is 8.55. The molecule has 0 saturated carbocycles. The highest BCUT2D eigenvalue weighted by Gasteiger charge is 2.10. The number of thioether (sulfide) groups is 1. The number of hydrogen-bond donors (Lipinski definition) is 2. The van der Waals surface area contributed by atoms with Crippen LogP contribution in [0.15, 0.2) is 11.2 Å². The maximum absolute atomic E-state index is 7.36. The molecule has 5 heteroatoms. The Bertz CT molecular complexity index is 357. The number of anilines is 1. The molecule has 0 amide bonds. The van der Waals surface area contributed by atoms with Crippen molar-refractivity contribution in [2.45, 2.75) is 18.1 Å². The van der Waals surface area contributed by atoms with Gasteiger partial charge in [-0.05, 0) is 6.42 Å². The first kappa shape index (κ1) is 7.67. The fourth-order valence-corrected chi connectivity index (χ4v) is 2.22. The molecule has 0 spiro atoms. The van der Waals surface area contributed by atoms with Crippen LogP contribution in [0.4, 0.5) is 5.82 Å². The maximum Gasteiger partial charge on any atom is 0.171 e. The summed E-state index contributed by atoms with van der Waals surface area (Å²) in [6, 6.07) is 1.59. The topological polar surface area (TPSA) is 67.7 Å². The van der Waals surface area contributed by atoms with Crippen molar-refractivity contribution in [2.24, 2.45) is 0 Å². The predicted molar refractivity (Wildman–Crippen MR) is 47.8 cm³/mol. The lowest BCUT2D eigenvalue weighted by Crippen LogP contribution is -2.20. The standard InChI is InChI=1S/C7H10N4S/c8-5-4-6(9)11-2-1-3-12-7(11)10-5/h4,8H,1-3,9H2. The van der Waals surface area contributed by atoms with Crippen molar-refractivity contribution in [3.63, 3.8) is 0 Å². The average Bonchev–Trinajstić information content (AvgIpc) is 2.04. The Balaban J connectivity index is 2.60. The minimum atomic E-state index is 0.258. The predicted octanol–water partition coefficient (Wildman–Crippen LogP) is 0.441. The van der Waals surface area contributed by atoms with Gasteiger partial charge in [0, 0.05) is 18.4 Å². The largest absolute Gasteiger partial charge is 0.385 e. The van der Waals surface area contributed by atoms with Gasteiger partial charge in [0.15, 0.2) is 10.6 Å². The minimum absolute atomic E-state index is 0.258. The second-order valence-corrected chi connectivity index (χ2v) is 3.76. The molecule has 12 heavy (non-hydrogen) atoms.